The first-order valence-corrected chi connectivity index (χ1v) is 11.1. The van der Waals surface area contributed by atoms with Crippen LogP contribution >= 0.6 is 0 Å². The molecule has 2 fully saturated rings. The van der Waals surface area contributed by atoms with Crippen LogP contribution in [0.3, 0.4) is 0 Å². The van der Waals surface area contributed by atoms with Crippen LogP contribution in [0.15, 0.2) is 48.8 Å². The van der Waals surface area contributed by atoms with Gasteiger partial charge in [0.05, 0.1) is 12.3 Å². The first-order chi connectivity index (χ1) is 15.6. The number of halogens is 2. The summed E-state index contributed by atoms with van der Waals surface area (Å²) in [7, 11) is 1.91. The number of alkyl halides is 2. The van der Waals surface area contributed by atoms with Crippen molar-refractivity contribution in [2.45, 2.75) is 44.4 Å². The summed E-state index contributed by atoms with van der Waals surface area (Å²) in [5.74, 6) is 0.946. The van der Waals surface area contributed by atoms with E-state index >= 15 is 0 Å². The Labute approximate surface area is 244 Å². The van der Waals surface area contributed by atoms with E-state index in [1.807, 2.05) is 37.5 Å². The van der Waals surface area contributed by atoms with Crippen molar-refractivity contribution in [1.29, 1.82) is 0 Å². The monoisotopic (exact) mass is 497 g/mol. The fourth-order valence-corrected chi connectivity index (χ4v) is 3.88. The van der Waals surface area contributed by atoms with E-state index in [4.69, 9.17) is 4.74 Å². The number of hydrogen-bond donors (Lipinski definition) is 1. The molecule has 1 saturated carbocycles. The van der Waals surface area contributed by atoms with Crippen LogP contribution in [-0.4, -0.2) is 55.3 Å². The number of likely N-dealkylation sites (tertiary alicyclic amines) is 1. The van der Waals surface area contributed by atoms with Gasteiger partial charge in [-0.15, -0.1) is 0 Å². The summed E-state index contributed by atoms with van der Waals surface area (Å²) in [6.07, 6.45) is 13.1. The predicted molar refractivity (Wildman–Crippen MR) is 126 cm³/mol. The normalized spacial score (nSPS) is 16.2. The Bertz CT molecular complexity index is 889. The van der Waals surface area contributed by atoms with Crippen molar-refractivity contribution < 1.29 is 69.6 Å². The SMILES string of the molecule is CNCC=[C-]N1CCC(N(c2ccc(OC(F)F)cc2)c2cnccc2OC2CC2)CC1.[CH3-].[K+]. The largest absolute Gasteiger partial charge is 1.00 e. The number of anilines is 2. The molecule has 1 aromatic heterocycles. The molecule has 0 spiro atoms. The van der Waals surface area contributed by atoms with Crippen LogP contribution in [-0.2, 0) is 0 Å². The van der Waals surface area contributed by atoms with Gasteiger partial charge in [0.2, 0.25) is 0 Å². The smallest absolute Gasteiger partial charge is 0.554 e. The molecule has 9 heteroatoms. The van der Waals surface area contributed by atoms with Crippen molar-refractivity contribution in [3.63, 3.8) is 0 Å². The van der Waals surface area contributed by atoms with Crippen LogP contribution in [0.25, 0.3) is 0 Å². The molecule has 180 valence electrons. The van der Waals surface area contributed by atoms with Gasteiger partial charge in [-0.3, -0.25) is 4.98 Å². The number of likely N-dealkylation sites (N-methyl/N-ethyl adjacent to an activating group) is 1. The average Bonchev–Trinajstić information content (AvgIpc) is 3.61. The molecule has 2 aliphatic rings. The second kappa shape index (κ2) is 14.4. The zero-order valence-corrected chi connectivity index (χ0v) is 23.3. The maximum Gasteiger partial charge on any atom is 1.00 e. The van der Waals surface area contributed by atoms with Crippen LogP contribution in [0.4, 0.5) is 20.2 Å². The van der Waals surface area contributed by atoms with E-state index in [2.05, 4.69) is 31.0 Å². The van der Waals surface area contributed by atoms with E-state index in [0.717, 1.165) is 62.4 Å². The number of aromatic nitrogens is 1. The Morgan fingerprint density at radius 1 is 1.18 bits per heavy atom. The fourth-order valence-electron chi connectivity index (χ4n) is 3.88. The third-order valence-electron chi connectivity index (χ3n) is 5.59. The van der Waals surface area contributed by atoms with Gasteiger partial charge in [-0.2, -0.15) is 8.78 Å². The predicted octanol–water partition coefficient (Wildman–Crippen LogP) is 1.82. The van der Waals surface area contributed by atoms with Crippen LogP contribution in [0.2, 0.25) is 0 Å². The molecule has 1 aliphatic heterocycles. The number of nitrogens with zero attached hydrogens (tertiary/aromatic N) is 3. The van der Waals surface area contributed by atoms with Gasteiger partial charge in [0.25, 0.3) is 0 Å². The summed E-state index contributed by atoms with van der Waals surface area (Å²) < 4.78 is 35.9. The standard InChI is InChI=1S/C24H29F2N4O2.CH3.K/c1-27-12-2-14-29-15-10-19(11-16-29)30(18-3-5-21(6-4-18)32-24(25)26)22-17-28-13-9-23(22)31-20-7-8-20;;/h2-6,9,13,17,19-20,24,27H,7-8,10-12,15-16H2,1H3;1H3;/q2*-1;+1. The van der Waals surface area contributed by atoms with Crippen LogP contribution < -0.4 is 71.1 Å². The molecule has 0 atom stereocenters. The summed E-state index contributed by atoms with van der Waals surface area (Å²) in [4.78, 5) is 8.79. The number of benzene rings is 1. The maximum absolute atomic E-state index is 12.6. The topological polar surface area (TPSA) is 49.9 Å². The van der Waals surface area contributed by atoms with Gasteiger partial charge in [0, 0.05) is 24.0 Å². The van der Waals surface area contributed by atoms with Gasteiger partial charge < -0.3 is 38.2 Å². The molecule has 4 rings (SSSR count). The van der Waals surface area contributed by atoms with Crippen LogP contribution in [0, 0.1) is 13.6 Å². The Kier molecular flexibility index (Phi) is 12.2. The number of piperidine rings is 1. The van der Waals surface area contributed by atoms with Crippen molar-refractivity contribution in [3.8, 4) is 11.5 Å². The van der Waals surface area contributed by atoms with E-state index in [1.54, 1.807) is 18.3 Å². The van der Waals surface area contributed by atoms with E-state index in [9.17, 15) is 8.78 Å². The molecule has 0 unspecified atom stereocenters. The van der Waals surface area contributed by atoms with E-state index in [0.29, 0.717) is 0 Å². The molecule has 1 saturated heterocycles. The van der Waals surface area contributed by atoms with E-state index < -0.39 is 6.61 Å². The number of rotatable bonds is 10. The van der Waals surface area contributed by atoms with Gasteiger partial charge in [0.15, 0.2) is 0 Å². The van der Waals surface area contributed by atoms with Crippen LogP contribution in [0.1, 0.15) is 25.7 Å². The van der Waals surface area contributed by atoms with Crippen molar-refractivity contribution in [3.05, 3.63) is 62.4 Å². The van der Waals surface area contributed by atoms with Crippen molar-refractivity contribution in [2.24, 2.45) is 0 Å². The zero-order valence-electron chi connectivity index (χ0n) is 20.2. The number of hydrogen-bond acceptors (Lipinski definition) is 6. The molecule has 6 nitrogen and oxygen atoms in total. The molecule has 0 radical (unpaired) electrons. The summed E-state index contributed by atoms with van der Waals surface area (Å²) in [5.41, 5.74) is 1.79. The van der Waals surface area contributed by atoms with Crippen molar-refractivity contribution in [2.75, 3.05) is 31.6 Å². The van der Waals surface area contributed by atoms with Crippen molar-refractivity contribution >= 4 is 11.4 Å². The number of nitrogens with one attached hydrogen (secondary N) is 1. The Hall–Kier alpha value is -1.23. The second-order valence-electron chi connectivity index (χ2n) is 8.01. The molecule has 1 aromatic carbocycles. The molecule has 2 aromatic rings. The minimum absolute atomic E-state index is 0. The molecular weight excluding hydrogens is 465 g/mol. The molecule has 2 heterocycles. The molecule has 0 amide bonds. The Morgan fingerprint density at radius 2 is 1.88 bits per heavy atom. The van der Waals surface area contributed by atoms with E-state index in [-0.39, 0.29) is 76.7 Å². The minimum Gasteiger partial charge on any atom is -0.554 e. The average molecular weight is 498 g/mol. The Morgan fingerprint density at radius 3 is 2.50 bits per heavy atom. The zero-order chi connectivity index (χ0) is 22.3. The summed E-state index contributed by atoms with van der Waals surface area (Å²) in [6, 6.07) is 8.90. The molecular formula is C25H32F2KN4O2-. The van der Waals surface area contributed by atoms with Gasteiger partial charge in [-0.05, 0) is 76.6 Å². The molecule has 1 N–H and O–H groups in total. The summed E-state index contributed by atoms with van der Waals surface area (Å²) in [6.45, 7) is -0.290. The molecule has 0 bridgehead atoms. The number of ether oxygens (including phenoxy) is 2. The third kappa shape index (κ3) is 8.17. The third-order valence-corrected chi connectivity index (χ3v) is 5.59. The van der Waals surface area contributed by atoms with Gasteiger partial charge in [-0.1, -0.05) is 0 Å². The van der Waals surface area contributed by atoms with Gasteiger partial charge in [0.1, 0.15) is 17.2 Å². The quantitative estimate of drug-likeness (QED) is 0.399. The first-order valence-electron chi connectivity index (χ1n) is 11.1. The van der Waals surface area contributed by atoms with E-state index in [1.165, 1.54) is 0 Å². The first kappa shape index (κ1) is 29.0. The summed E-state index contributed by atoms with van der Waals surface area (Å²) >= 11 is 0. The maximum atomic E-state index is 12.6. The molecule has 1 aliphatic carbocycles. The van der Waals surface area contributed by atoms with Crippen LogP contribution in [0.5, 0.6) is 11.5 Å². The number of pyridine rings is 1. The Balaban J connectivity index is 0.00000204. The molecule has 34 heavy (non-hydrogen) atoms. The van der Waals surface area contributed by atoms with Crippen molar-refractivity contribution in [1.82, 2.24) is 15.2 Å². The van der Waals surface area contributed by atoms with Gasteiger partial charge in [-0.25, -0.2) is 6.08 Å². The minimum atomic E-state index is -2.84. The fraction of sp³-hybridized carbons (Fsp3) is 0.440. The second-order valence-corrected chi connectivity index (χ2v) is 8.01. The summed E-state index contributed by atoms with van der Waals surface area (Å²) in [5, 5.41) is 3.09. The van der Waals surface area contributed by atoms with Gasteiger partial charge >= 0.3 is 58.0 Å².